The van der Waals surface area contributed by atoms with Crippen molar-refractivity contribution in [3.63, 3.8) is 0 Å². The van der Waals surface area contributed by atoms with E-state index < -0.39 is 0 Å². The number of benzene rings is 2. The van der Waals surface area contributed by atoms with Gasteiger partial charge in [-0.25, -0.2) is 0 Å². The molecule has 0 aliphatic heterocycles. The molecule has 29 heavy (non-hydrogen) atoms. The van der Waals surface area contributed by atoms with Crippen molar-refractivity contribution in [3.8, 4) is 28.8 Å². The molecule has 0 bridgehead atoms. The molecule has 6 nitrogen and oxygen atoms in total. The van der Waals surface area contributed by atoms with Gasteiger partial charge in [-0.05, 0) is 36.8 Å². The number of nitrogens with zero attached hydrogens (tertiary/aromatic N) is 3. The van der Waals surface area contributed by atoms with Crippen molar-refractivity contribution in [2.45, 2.75) is 17.8 Å². The van der Waals surface area contributed by atoms with E-state index in [9.17, 15) is 0 Å². The lowest BCUT2D eigenvalue weighted by molar-refractivity contribution is 0.390. The number of aryl methyl sites for hydroxylation is 1. The number of hydrogen-bond acceptors (Lipinski definition) is 6. The Kier molecular flexibility index (Phi) is 5.57. The number of ether oxygens (including phenoxy) is 2. The van der Waals surface area contributed by atoms with E-state index in [-0.39, 0.29) is 0 Å². The summed E-state index contributed by atoms with van der Waals surface area (Å²) in [7, 11) is 3.27. The van der Waals surface area contributed by atoms with Gasteiger partial charge in [0.2, 0.25) is 5.82 Å². The maximum absolute atomic E-state index is 5.84. The van der Waals surface area contributed by atoms with Crippen LogP contribution in [0.1, 0.15) is 11.3 Å². The Morgan fingerprint density at radius 3 is 2.24 bits per heavy atom. The second-order valence-corrected chi connectivity index (χ2v) is 7.28. The smallest absolute Gasteiger partial charge is 0.205 e. The maximum Gasteiger partial charge on any atom is 0.205 e. The summed E-state index contributed by atoms with van der Waals surface area (Å²) in [5.74, 6) is 4.12. The topological polar surface area (TPSA) is 62.3 Å². The largest absolute Gasteiger partial charge is 0.494 e. The normalized spacial score (nSPS) is 10.9. The summed E-state index contributed by atoms with van der Waals surface area (Å²) in [6, 6.07) is 19.7. The molecule has 0 unspecified atom stereocenters. The summed E-state index contributed by atoms with van der Waals surface area (Å²) in [6.07, 6.45) is 0. The van der Waals surface area contributed by atoms with Gasteiger partial charge in [-0.3, -0.25) is 4.57 Å². The van der Waals surface area contributed by atoms with Crippen LogP contribution in [0, 0.1) is 6.92 Å². The lowest BCUT2D eigenvalue weighted by Gasteiger charge is -2.16. The fourth-order valence-electron chi connectivity index (χ4n) is 3.05. The van der Waals surface area contributed by atoms with Crippen LogP contribution in [0.3, 0.4) is 0 Å². The minimum atomic E-state index is 0.594. The number of hydrogen-bond donors (Lipinski definition) is 0. The van der Waals surface area contributed by atoms with E-state index in [0.717, 1.165) is 22.4 Å². The third kappa shape index (κ3) is 3.86. The number of furan rings is 1. The Balaban J connectivity index is 1.85. The van der Waals surface area contributed by atoms with Crippen molar-refractivity contribution < 1.29 is 13.9 Å². The van der Waals surface area contributed by atoms with Gasteiger partial charge >= 0.3 is 0 Å². The third-order valence-corrected chi connectivity index (χ3v) is 5.43. The number of thioether (sulfide) groups is 1. The van der Waals surface area contributed by atoms with Crippen LogP contribution >= 0.6 is 11.8 Å². The molecule has 0 spiro atoms. The second kappa shape index (κ2) is 8.45. The van der Waals surface area contributed by atoms with E-state index in [2.05, 4.69) is 22.3 Å². The zero-order valence-corrected chi connectivity index (χ0v) is 17.3. The molecular weight excluding hydrogens is 386 g/mol. The van der Waals surface area contributed by atoms with Gasteiger partial charge in [-0.2, -0.15) is 0 Å². The molecule has 0 N–H and O–H groups in total. The lowest BCUT2D eigenvalue weighted by atomic mass is 10.2. The van der Waals surface area contributed by atoms with Gasteiger partial charge in [0.1, 0.15) is 22.9 Å². The zero-order chi connectivity index (χ0) is 20.2. The highest BCUT2D eigenvalue weighted by molar-refractivity contribution is 7.98. The Morgan fingerprint density at radius 1 is 0.897 bits per heavy atom. The average molecular weight is 407 g/mol. The first-order chi connectivity index (χ1) is 14.2. The molecular formula is C22H21N3O3S. The van der Waals surface area contributed by atoms with Crippen molar-refractivity contribution >= 4 is 11.8 Å². The first kappa shape index (κ1) is 19.1. The monoisotopic (exact) mass is 407 g/mol. The van der Waals surface area contributed by atoms with Gasteiger partial charge in [-0.15, -0.1) is 10.2 Å². The predicted molar refractivity (Wildman–Crippen MR) is 113 cm³/mol. The molecule has 0 aliphatic rings. The SMILES string of the molecule is COc1cccc(OC)c1-n1c(SCc2ccccc2)nnc1-c1ccc(C)o1. The fraction of sp³-hybridized carbons (Fsp3) is 0.182. The third-order valence-electron chi connectivity index (χ3n) is 4.43. The minimum absolute atomic E-state index is 0.594. The quantitative estimate of drug-likeness (QED) is 0.395. The van der Waals surface area contributed by atoms with Crippen molar-refractivity contribution in [3.05, 3.63) is 72.0 Å². The molecule has 2 aromatic carbocycles. The highest BCUT2D eigenvalue weighted by atomic mass is 32.2. The average Bonchev–Trinajstić information content (AvgIpc) is 3.38. The summed E-state index contributed by atoms with van der Waals surface area (Å²) in [5, 5.41) is 9.60. The molecule has 0 saturated heterocycles. The number of methoxy groups -OCH3 is 2. The number of rotatable bonds is 7. The molecule has 0 amide bonds. The van der Waals surface area contributed by atoms with Gasteiger partial charge in [0, 0.05) is 5.75 Å². The van der Waals surface area contributed by atoms with Crippen molar-refractivity contribution in [1.82, 2.24) is 14.8 Å². The summed E-state index contributed by atoms with van der Waals surface area (Å²) in [5.41, 5.74) is 1.94. The molecule has 4 rings (SSSR count). The van der Waals surface area contributed by atoms with Crippen LogP contribution in [-0.4, -0.2) is 29.0 Å². The summed E-state index contributed by atoms with van der Waals surface area (Å²) >= 11 is 1.59. The van der Waals surface area contributed by atoms with Gasteiger partial charge in [0.25, 0.3) is 0 Å². The van der Waals surface area contributed by atoms with E-state index in [0.29, 0.717) is 23.1 Å². The minimum Gasteiger partial charge on any atom is -0.494 e. The highest BCUT2D eigenvalue weighted by Crippen LogP contribution is 2.39. The maximum atomic E-state index is 5.84. The summed E-state index contributed by atoms with van der Waals surface area (Å²) < 4.78 is 19.0. The Bertz CT molecular complexity index is 1080. The van der Waals surface area contributed by atoms with Gasteiger partial charge in [0.15, 0.2) is 10.9 Å². The van der Waals surface area contributed by atoms with Crippen LogP contribution in [0.5, 0.6) is 11.5 Å². The molecule has 0 atom stereocenters. The Morgan fingerprint density at radius 2 is 1.62 bits per heavy atom. The van der Waals surface area contributed by atoms with E-state index in [4.69, 9.17) is 13.9 Å². The number of aromatic nitrogens is 3. The van der Waals surface area contributed by atoms with Gasteiger partial charge in [0.05, 0.1) is 14.2 Å². The van der Waals surface area contributed by atoms with E-state index in [1.165, 1.54) is 5.56 Å². The zero-order valence-electron chi connectivity index (χ0n) is 16.5. The number of para-hydroxylation sites is 1. The van der Waals surface area contributed by atoms with Crippen LogP contribution in [0.4, 0.5) is 0 Å². The van der Waals surface area contributed by atoms with Crippen LogP contribution in [0.2, 0.25) is 0 Å². The van der Waals surface area contributed by atoms with Crippen LogP contribution < -0.4 is 9.47 Å². The molecule has 0 aliphatic carbocycles. The molecule has 0 radical (unpaired) electrons. The van der Waals surface area contributed by atoms with E-state index >= 15 is 0 Å². The predicted octanol–water partition coefficient (Wildman–Crippen LogP) is 5.15. The molecule has 2 aromatic heterocycles. The molecule has 0 saturated carbocycles. The van der Waals surface area contributed by atoms with Crippen LogP contribution in [-0.2, 0) is 5.75 Å². The molecule has 2 heterocycles. The van der Waals surface area contributed by atoms with Gasteiger partial charge in [-0.1, -0.05) is 48.2 Å². The van der Waals surface area contributed by atoms with Crippen molar-refractivity contribution in [2.24, 2.45) is 0 Å². The summed E-state index contributed by atoms with van der Waals surface area (Å²) in [6.45, 7) is 1.90. The first-order valence-corrected chi connectivity index (χ1v) is 10.1. The second-order valence-electron chi connectivity index (χ2n) is 6.34. The van der Waals surface area contributed by atoms with Crippen molar-refractivity contribution in [2.75, 3.05) is 14.2 Å². The van der Waals surface area contributed by atoms with Crippen molar-refractivity contribution in [1.29, 1.82) is 0 Å². The van der Waals surface area contributed by atoms with Crippen LogP contribution in [0.25, 0.3) is 17.3 Å². The Hall–Kier alpha value is -3.19. The molecule has 148 valence electrons. The molecule has 4 aromatic rings. The molecule has 0 fully saturated rings. The Labute approximate surface area is 173 Å². The lowest BCUT2D eigenvalue weighted by Crippen LogP contribution is -2.04. The van der Waals surface area contributed by atoms with E-state index in [1.807, 2.05) is 60.0 Å². The fourth-order valence-corrected chi connectivity index (χ4v) is 3.95. The standard InChI is InChI=1S/C22H21N3O3S/c1-15-12-13-19(28-15)21-23-24-22(29-14-16-8-5-4-6-9-16)25(21)20-17(26-2)10-7-11-18(20)27-3/h4-13H,14H2,1-3H3. The molecule has 7 heteroatoms. The van der Waals surface area contributed by atoms with Crippen LogP contribution in [0.15, 0.2) is 70.2 Å². The van der Waals surface area contributed by atoms with Gasteiger partial charge < -0.3 is 13.9 Å². The first-order valence-electron chi connectivity index (χ1n) is 9.11. The highest BCUT2D eigenvalue weighted by Gasteiger charge is 2.24. The van der Waals surface area contributed by atoms with E-state index in [1.54, 1.807) is 26.0 Å². The summed E-state index contributed by atoms with van der Waals surface area (Å²) in [4.78, 5) is 0.